The number of aliphatic imine (C=N–C) groups is 1. The van der Waals surface area contributed by atoms with Gasteiger partial charge in [-0.3, -0.25) is 9.79 Å². The van der Waals surface area contributed by atoms with E-state index < -0.39 is 6.04 Å². The first-order valence-electron chi connectivity index (χ1n) is 8.72. The number of hydrogen-bond acceptors (Lipinski definition) is 5. The average Bonchev–Trinajstić information content (AvgIpc) is 3.23. The Hall–Kier alpha value is -2.44. The number of thiophene rings is 1. The van der Waals surface area contributed by atoms with E-state index in [2.05, 4.69) is 21.2 Å². The fourth-order valence-electron chi connectivity index (χ4n) is 3.32. The smallest absolute Gasteiger partial charge is 0.222 e. The lowest BCUT2D eigenvalue weighted by Crippen LogP contribution is -2.24. The first-order valence-corrected chi connectivity index (χ1v) is 10.0. The van der Waals surface area contributed by atoms with Gasteiger partial charge in [0.25, 0.3) is 0 Å². The van der Waals surface area contributed by atoms with E-state index in [0.29, 0.717) is 17.3 Å². The van der Waals surface area contributed by atoms with Crippen LogP contribution in [0, 0.1) is 6.92 Å². The summed E-state index contributed by atoms with van der Waals surface area (Å²) in [6, 6.07) is 7.16. The molecule has 0 bridgehead atoms. The number of amides is 1. The molecular weight excluding hydrogens is 382 g/mol. The van der Waals surface area contributed by atoms with E-state index in [1.807, 2.05) is 38.1 Å². The molecule has 7 heteroatoms. The summed E-state index contributed by atoms with van der Waals surface area (Å²) in [5.41, 5.74) is 5.60. The molecule has 1 N–H and O–H groups in total. The van der Waals surface area contributed by atoms with Crippen molar-refractivity contribution in [3.8, 4) is 11.1 Å². The average molecular weight is 400 g/mol. The molecular formula is C20H18ClN3O2S. The molecule has 138 valence electrons. The third kappa shape index (κ3) is 3.31. The molecule has 3 heterocycles. The Morgan fingerprint density at radius 2 is 2.00 bits per heavy atom. The van der Waals surface area contributed by atoms with Gasteiger partial charge in [0.15, 0.2) is 5.76 Å². The maximum Gasteiger partial charge on any atom is 0.222 e. The number of rotatable bonds is 4. The number of nitrogens with one attached hydrogen (secondary N) is 1. The quantitative estimate of drug-likeness (QED) is 0.686. The molecule has 2 aromatic heterocycles. The molecule has 5 nitrogen and oxygen atoms in total. The van der Waals surface area contributed by atoms with Gasteiger partial charge >= 0.3 is 0 Å². The van der Waals surface area contributed by atoms with E-state index in [9.17, 15) is 4.79 Å². The highest BCUT2D eigenvalue weighted by Gasteiger charge is 2.32. The minimum Gasteiger partial charge on any atom is -0.358 e. The number of nitrogens with zero attached hydrogens (tertiary/aromatic N) is 2. The van der Waals surface area contributed by atoms with Crippen LogP contribution in [-0.4, -0.2) is 23.3 Å². The van der Waals surface area contributed by atoms with Gasteiger partial charge in [-0.25, -0.2) is 0 Å². The van der Waals surface area contributed by atoms with Gasteiger partial charge in [-0.15, -0.1) is 0 Å². The lowest BCUT2D eigenvalue weighted by Gasteiger charge is -2.11. The van der Waals surface area contributed by atoms with E-state index in [1.165, 1.54) is 0 Å². The van der Waals surface area contributed by atoms with Crippen molar-refractivity contribution >= 4 is 34.6 Å². The number of halogens is 1. The van der Waals surface area contributed by atoms with Gasteiger partial charge in [0.05, 0.1) is 23.4 Å². The summed E-state index contributed by atoms with van der Waals surface area (Å²) in [7, 11) is 0. The zero-order valence-electron chi connectivity index (χ0n) is 15.0. The number of benzene rings is 1. The zero-order chi connectivity index (χ0) is 19.0. The van der Waals surface area contributed by atoms with E-state index in [-0.39, 0.29) is 12.3 Å². The highest BCUT2D eigenvalue weighted by Crippen LogP contribution is 2.42. The van der Waals surface area contributed by atoms with Crippen LogP contribution in [0.1, 0.15) is 42.0 Å². The standard InChI is InChI=1S/C20H18ClN3O2S/c1-3-22-17(25)8-16-20-18(11(2)24-26-20)14-9-27-10-15(14)19(23-16)12-4-6-13(21)7-5-12/h4-7,9-10,16H,3,8H2,1-2H3,(H,22,25)/t16-/m0/s1. The second-order valence-corrected chi connectivity index (χ2v) is 7.54. The van der Waals surface area contributed by atoms with Crippen LogP contribution in [0.2, 0.25) is 5.02 Å². The summed E-state index contributed by atoms with van der Waals surface area (Å²) in [6.45, 7) is 4.39. The Labute approximate surface area is 166 Å². The normalized spacial score (nSPS) is 15.5. The largest absolute Gasteiger partial charge is 0.358 e. The topological polar surface area (TPSA) is 67.5 Å². The number of carbonyl (C=O) groups is 1. The molecule has 1 aromatic carbocycles. The number of carbonyl (C=O) groups excluding carboxylic acids is 1. The third-order valence-electron chi connectivity index (χ3n) is 4.53. The van der Waals surface area contributed by atoms with Gasteiger partial charge in [0.1, 0.15) is 6.04 Å². The minimum atomic E-state index is -0.434. The van der Waals surface area contributed by atoms with Crippen molar-refractivity contribution in [1.82, 2.24) is 10.5 Å². The molecule has 3 aromatic rings. The first-order chi connectivity index (χ1) is 13.1. The lowest BCUT2D eigenvalue weighted by atomic mass is 9.97. The summed E-state index contributed by atoms with van der Waals surface area (Å²) in [5.74, 6) is 0.577. The zero-order valence-corrected chi connectivity index (χ0v) is 16.5. The van der Waals surface area contributed by atoms with Gasteiger partial charge in [-0.1, -0.05) is 28.9 Å². The fraction of sp³-hybridized carbons (Fsp3) is 0.250. The highest BCUT2D eigenvalue weighted by atomic mass is 35.5. The van der Waals surface area contributed by atoms with Crippen molar-refractivity contribution in [2.45, 2.75) is 26.3 Å². The fourth-order valence-corrected chi connectivity index (χ4v) is 4.27. The maximum absolute atomic E-state index is 12.3. The third-order valence-corrected chi connectivity index (χ3v) is 5.53. The monoisotopic (exact) mass is 399 g/mol. The Kier molecular flexibility index (Phi) is 4.85. The summed E-state index contributed by atoms with van der Waals surface area (Å²) >= 11 is 7.67. The number of aryl methyl sites for hydroxylation is 1. The van der Waals surface area contributed by atoms with Gasteiger partial charge in [0, 0.05) is 33.6 Å². The van der Waals surface area contributed by atoms with Gasteiger partial charge in [-0.05, 0) is 31.4 Å². The molecule has 1 aliphatic rings. The van der Waals surface area contributed by atoms with E-state index in [1.54, 1.807) is 11.3 Å². The van der Waals surface area contributed by atoms with Crippen LogP contribution in [0.15, 0.2) is 44.5 Å². The SMILES string of the molecule is CCNC(=O)C[C@@H]1N=C(c2ccc(Cl)cc2)c2cscc2-c2c(C)noc21. The molecule has 1 amide bonds. The highest BCUT2D eigenvalue weighted by molar-refractivity contribution is 7.08. The molecule has 1 atom stereocenters. The molecule has 0 unspecified atom stereocenters. The van der Waals surface area contributed by atoms with Crippen molar-refractivity contribution < 1.29 is 9.32 Å². The summed E-state index contributed by atoms with van der Waals surface area (Å²) in [4.78, 5) is 17.2. The predicted octanol–water partition coefficient (Wildman–Crippen LogP) is 4.78. The van der Waals surface area contributed by atoms with E-state index in [4.69, 9.17) is 21.1 Å². The lowest BCUT2D eigenvalue weighted by molar-refractivity contribution is -0.121. The summed E-state index contributed by atoms with van der Waals surface area (Å²) in [6.07, 6.45) is 0.209. The van der Waals surface area contributed by atoms with Gasteiger partial charge < -0.3 is 9.84 Å². The van der Waals surface area contributed by atoms with Crippen LogP contribution in [0.3, 0.4) is 0 Å². The second-order valence-electron chi connectivity index (χ2n) is 6.36. The van der Waals surface area contributed by atoms with Gasteiger partial charge in [-0.2, -0.15) is 11.3 Å². The predicted molar refractivity (Wildman–Crippen MR) is 108 cm³/mol. The molecule has 4 rings (SSSR count). The maximum atomic E-state index is 12.3. The minimum absolute atomic E-state index is 0.0638. The Balaban J connectivity index is 1.88. The Bertz CT molecular complexity index is 1020. The molecule has 0 aliphatic carbocycles. The number of hydrogen-bond donors (Lipinski definition) is 1. The van der Waals surface area contributed by atoms with Crippen LogP contribution < -0.4 is 5.32 Å². The first kappa shape index (κ1) is 17.9. The van der Waals surface area contributed by atoms with Crippen LogP contribution in [0.5, 0.6) is 0 Å². The van der Waals surface area contributed by atoms with Crippen molar-refractivity contribution in [2.24, 2.45) is 4.99 Å². The summed E-state index contributed by atoms with van der Waals surface area (Å²) < 4.78 is 5.63. The van der Waals surface area contributed by atoms with Crippen LogP contribution in [0.4, 0.5) is 0 Å². The Morgan fingerprint density at radius 1 is 1.26 bits per heavy atom. The van der Waals surface area contributed by atoms with Crippen LogP contribution in [0.25, 0.3) is 11.1 Å². The molecule has 0 radical (unpaired) electrons. The second kappa shape index (κ2) is 7.29. The number of fused-ring (bicyclic) bond motifs is 3. The van der Waals surface area contributed by atoms with E-state index in [0.717, 1.165) is 33.7 Å². The van der Waals surface area contributed by atoms with Crippen LogP contribution in [-0.2, 0) is 4.79 Å². The molecule has 0 saturated carbocycles. The molecule has 1 aliphatic heterocycles. The van der Waals surface area contributed by atoms with Crippen molar-refractivity contribution in [2.75, 3.05) is 6.54 Å². The van der Waals surface area contributed by atoms with Crippen molar-refractivity contribution in [1.29, 1.82) is 0 Å². The molecule has 0 fully saturated rings. The molecule has 27 heavy (non-hydrogen) atoms. The molecule has 0 saturated heterocycles. The van der Waals surface area contributed by atoms with Crippen molar-refractivity contribution in [3.63, 3.8) is 0 Å². The van der Waals surface area contributed by atoms with Crippen molar-refractivity contribution in [3.05, 3.63) is 62.6 Å². The summed E-state index contributed by atoms with van der Waals surface area (Å²) in [5, 5.41) is 11.8. The van der Waals surface area contributed by atoms with Gasteiger partial charge in [0.2, 0.25) is 5.91 Å². The molecule has 0 spiro atoms. The van der Waals surface area contributed by atoms with E-state index >= 15 is 0 Å². The Morgan fingerprint density at radius 3 is 2.74 bits per heavy atom. The number of aromatic nitrogens is 1. The van der Waals surface area contributed by atoms with Crippen LogP contribution >= 0.6 is 22.9 Å².